The summed E-state index contributed by atoms with van der Waals surface area (Å²) in [6, 6.07) is 15.3. The number of hydrogen-bond acceptors (Lipinski definition) is 5. The number of rotatable bonds is 6. The normalized spacial score (nSPS) is 10.2. The van der Waals surface area contributed by atoms with E-state index in [4.69, 9.17) is 4.74 Å². The van der Waals surface area contributed by atoms with E-state index in [2.05, 4.69) is 20.6 Å². The summed E-state index contributed by atoms with van der Waals surface area (Å²) in [7, 11) is 1.64. The van der Waals surface area contributed by atoms with E-state index in [0.717, 1.165) is 22.6 Å². The van der Waals surface area contributed by atoms with Gasteiger partial charge in [-0.05, 0) is 36.2 Å². The molecule has 0 aliphatic rings. The number of ether oxygens (including phenoxy) is 1. The Bertz CT molecular complexity index is 877. The molecule has 6 nitrogen and oxygen atoms in total. The number of anilines is 2. The topological polar surface area (TPSA) is 76.1 Å². The van der Waals surface area contributed by atoms with Crippen molar-refractivity contribution in [3.05, 3.63) is 77.6 Å². The number of methoxy groups -OCH3 is 1. The lowest BCUT2D eigenvalue weighted by Gasteiger charge is -2.09. The molecule has 1 amide bonds. The molecule has 0 bridgehead atoms. The van der Waals surface area contributed by atoms with Crippen LogP contribution in [-0.2, 0) is 6.54 Å². The van der Waals surface area contributed by atoms with E-state index in [1.165, 1.54) is 12.4 Å². The SMILES string of the molecule is COc1ccc(CNc2ncc(C(=O)Nc3ccccc3C)cn2)cc1. The molecule has 2 aromatic carbocycles. The van der Waals surface area contributed by atoms with Gasteiger partial charge in [0.25, 0.3) is 5.91 Å². The number of nitrogens with one attached hydrogen (secondary N) is 2. The minimum Gasteiger partial charge on any atom is -0.497 e. The molecule has 0 radical (unpaired) electrons. The molecule has 3 rings (SSSR count). The van der Waals surface area contributed by atoms with Gasteiger partial charge in [0, 0.05) is 24.6 Å². The summed E-state index contributed by atoms with van der Waals surface area (Å²) < 4.78 is 5.13. The summed E-state index contributed by atoms with van der Waals surface area (Å²) in [5, 5.41) is 5.99. The average Bonchev–Trinajstić information content (AvgIpc) is 2.69. The first-order valence-corrected chi connectivity index (χ1v) is 8.21. The first kappa shape index (κ1) is 17.4. The smallest absolute Gasteiger partial charge is 0.258 e. The summed E-state index contributed by atoms with van der Waals surface area (Å²) >= 11 is 0. The third-order valence-corrected chi connectivity index (χ3v) is 3.92. The van der Waals surface area contributed by atoms with E-state index < -0.39 is 0 Å². The second-order valence-electron chi connectivity index (χ2n) is 5.77. The van der Waals surface area contributed by atoms with Gasteiger partial charge in [-0.1, -0.05) is 30.3 Å². The number of hydrogen-bond donors (Lipinski definition) is 2. The Morgan fingerprint density at radius 3 is 2.38 bits per heavy atom. The van der Waals surface area contributed by atoms with Crippen LogP contribution in [0.1, 0.15) is 21.5 Å². The number of carbonyl (C=O) groups excluding carboxylic acids is 1. The zero-order valence-corrected chi connectivity index (χ0v) is 14.7. The minimum absolute atomic E-state index is 0.235. The van der Waals surface area contributed by atoms with Gasteiger partial charge in [0.1, 0.15) is 5.75 Å². The number of carbonyl (C=O) groups is 1. The molecule has 132 valence electrons. The molecule has 0 saturated carbocycles. The zero-order valence-electron chi connectivity index (χ0n) is 14.7. The van der Waals surface area contributed by atoms with Crippen molar-refractivity contribution in [1.82, 2.24) is 9.97 Å². The van der Waals surface area contributed by atoms with Gasteiger partial charge in [-0.15, -0.1) is 0 Å². The highest BCUT2D eigenvalue weighted by molar-refractivity contribution is 6.04. The van der Waals surface area contributed by atoms with Crippen molar-refractivity contribution in [1.29, 1.82) is 0 Å². The van der Waals surface area contributed by atoms with Crippen molar-refractivity contribution in [2.45, 2.75) is 13.5 Å². The van der Waals surface area contributed by atoms with Crippen molar-refractivity contribution < 1.29 is 9.53 Å². The maximum atomic E-state index is 12.3. The minimum atomic E-state index is -0.235. The van der Waals surface area contributed by atoms with Crippen LogP contribution in [0.4, 0.5) is 11.6 Å². The van der Waals surface area contributed by atoms with Crippen LogP contribution in [0.5, 0.6) is 5.75 Å². The largest absolute Gasteiger partial charge is 0.497 e. The Hall–Kier alpha value is -3.41. The van der Waals surface area contributed by atoms with Gasteiger partial charge < -0.3 is 15.4 Å². The third-order valence-electron chi connectivity index (χ3n) is 3.92. The molecule has 1 aromatic heterocycles. The molecule has 0 spiro atoms. The van der Waals surface area contributed by atoms with Crippen LogP contribution in [-0.4, -0.2) is 23.0 Å². The van der Waals surface area contributed by atoms with Crippen LogP contribution < -0.4 is 15.4 Å². The van der Waals surface area contributed by atoms with Crippen LogP contribution in [0.15, 0.2) is 60.9 Å². The van der Waals surface area contributed by atoms with Gasteiger partial charge >= 0.3 is 0 Å². The summed E-state index contributed by atoms with van der Waals surface area (Å²) in [4.78, 5) is 20.7. The van der Waals surface area contributed by atoms with E-state index in [9.17, 15) is 4.79 Å². The second-order valence-corrected chi connectivity index (χ2v) is 5.77. The molecule has 0 aliphatic carbocycles. The Morgan fingerprint density at radius 1 is 1.04 bits per heavy atom. The quantitative estimate of drug-likeness (QED) is 0.711. The fraction of sp³-hybridized carbons (Fsp3) is 0.150. The van der Waals surface area contributed by atoms with E-state index in [-0.39, 0.29) is 5.91 Å². The maximum Gasteiger partial charge on any atom is 0.258 e. The summed E-state index contributed by atoms with van der Waals surface area (Å²) in [5.74, 6) is 1.04. The lowest BCUT2D eigenvalue weighted by Crippen LogP contribution is -2.14. The van der Waals surface area contributed by atoms with Crippen molar-refractivity contribution in [2.24, 2.45) is 0 Å². The Balaban J connectivity index is 1.59. The maximum absolute atomic E-state index is 12.3. The lowest BCUT2D eigenvalue weighted by molar-refractivity contribution is 0.102. The highest BCUT2D eigenvalue weighted by Gasteiger charge is 2.09. The highest BCUT2D eigenvalue weighted by Crippen LogP contribution is 2.15. The molecule has 26 heavy (non-hydrogen) atoms. The van der Waals surface area contributed by atoms with Gasteiger partial charge in [0.15, 0.2) is 0 Å². The van der Waals surface area contributed by atoms with Crippen LogP contribution in [0, 0.1) is 6.92 Å². The van der Waals surface area contributed by atoms with Crippen molar-refractivity contribution in [2.75, 3.05) is 17.7 Å². The first-order chi connectivity index (χ1) is 12.7. The van der Waals surface area contributed by atoms with Gasteiger partial charge in [-0.3, -0.25) is 4.79 Å². The first-order valence-electron chi connectivity index (χ1n) is 8.21. The van der Waals surface area contributed by atoms with Crippen LogP contribution in [0.3, 0.4) is 0 Å². The van der Waals surface area contributed by atoms with E-state index >= 15 is 0 Å². The standard InChI is InChI=1S/C20H20N4O2/c1-14-5-3-4-6-18(14)24-19(25)16-12-22-20(23-13-16)21-11-15-7-9-17(26-2)10-8-15/h3-10,12-13H,11H2,1-2H3,(H,24,25)(H,21,22,23). The molecule has 1 heterocycles. The van der Waals surface area contributed by atoms with E-state index in [1.807, 2.05) is 55.5 Å². The van der Waals surface area contributed by atoms with E-state index in [1.54, 1.807) is 7.11 Å². The van der Waals surface area contributed by atoms with Crippen molar-refractivity contribution >= 4 is 17.5 Å². The number of para-hydroxylation sites is 1. The lowest BCUT2D eigenvalue weighted by atomic mass is 10.2. The molecule has 0 atom stereocenters. The second kappa shape index (κ2) is 8.11. The molecule has 0 fully saturated rings. The van der Waals surface area contributed by atoms with Crippen molar-refractivity contribution in [3.63, 3.8) is 0 Å². The Kier molecular flexibility index (Phi) is 5.43. The Labute approximate surface area is 152 Å². The number of benzene rings is 2. The van der Waals surface area contributed by atoms with Gasteiger partial charge in [0.05, 0.1) is 12.7 Å². The van der Waals surface area contributed by atoms with Crippen LogP contribution >= 0.6 is 0 Å². The van der Waals surface area contributed by atoms with Gasteiger partial charge in [-0.2, -0.15) is 0 Å². The summed E-state index contributed by atoms with van der Waals surface area (Å²) in [6.45, 7) is 2.52. The van der Waals surface area contributed by atoms with Gasteiger partial charge in [0.2, 0.25) is 5.95 Å². The third kappa shape index (κ3) is 4.36. The predicted octanol–water partition coefficient (Wildman–Crippen LogP) is 3.66. The summed E-state index contributed by atoms with van der Waals surface area (Å²) in [6.07, 6.45) is 3.02. The van der Waals surface area contributed by atoms with Crippen LogP contribution in [0.25, 0.3) is 0 Å². The van der Waals surface area contributed by atoms with Crippen LogP contribution in [0.2, 0.25) is 0 Å². The highest BCUT2D eigenvalue weighted by atomic mass is 16.5. The number of amides is 1. The molecule has 0 unspecified atom stereocenters. The number of aromatic nitrogens is 2. The molecule has 0 saturated heterocycles. The molecule has 0 aliphatic heterocycles. The molecular formula is C20H20N4O2. The molecule has 2 N–H and O–H groups in total. The molecule has 6 heteroatoms. The molecule has 3 aromatic rings. The number of nitrogens with zero attached hydrogens (tertiary/aromatic N) is 2. The summed E-state index contributed by atoms with van der Waals surface area (Å²) in [5.41, 5.74) is 3.26. The Morgan fingerprint density at radius 2 is 1.73 bits per heavy atom. The fourth-order valence-corrected chi connectivity index (χ4v) is 2.37. The van der Waals surface area contributed by atoms with E-state index in [0.29, 0.717) is 18.1 Å². The average molecular weight is 348 g/mol. The van der Waals surface area contributed by atoms with Crippen molar-refractivity contribution in [3.8, 4) is 5.75 Å². The zero-order chi connectivity index (χ0) is 18.4. The van der Waals surface area contributed by atoms with Gasteiger partial charge in [-0.25, -0.2) is 9.97 Å². The monoisotopic (exact) mass is 348 g/mol. The fourth-order valence-electron chi connectivity index (χ4n) is 2.37. The molecular weight excluding hydrogens is 328 g/mol. The predicted molar refractivity (Wildman–Crippen MR) is 101 cm³/mol. The number of aryl methyl sites for hydroxylation is 1.